The maximum atomic E-state index is 12.6. The van der Waals surface area contributed by atoms with Crippen LogP contribution in [-0.2, 0) is 6.42 Å². The van der Waals surface area contributed by atoms with E-state index in [-0.39, 0.29) is 17.5 Å². The molecule has 1 unspecified atom stereocenters. The van der Waals surface area contributed by atoms with E-state index >= 15 is 0 Å². The van der Waals surface area contributed by atoms with E-state index in [1.807, 2.05) is 19.9 Å². The number of hydrogen-bond donors (Lipinski definition) is 1. The Morgan fingerprint density at radius 3 is 2.76 bits per heavy atom. The minimum atomic E-state index is -4.22. The number of likely N-dealkylation sites (tertiary alicyclic amines) is 1. The van der Waals surface area contributed by atoms with Crippen LogP contribution in [0.15, 0.2) is 34.4 Å². The van der Waals surface area contributed by atoms with E-state index in [4.69, 9.17) is 4.52 Å². The van der Waals surface area contributed by atoms with Gasteiger partial charge in [0.1, 0.15) is 0 Å². The van der Waals surface area contributed by atoms with E-state index in [0.717, 1.165) is 22.4 Å². The number of aryl methyl sites for hydroxylation is 1. The van der Waals surface area contributed by atoms with Gasteiger partial charge in [0.15, 0.2) is 0 Å². The zero-order valence-corrected chi connectivity index (χ0v) is 16.6. The van der Waals surface area contributed by atoms with Crippen molar-refractivity contribution < 1.29 is 22.5 Å². The first kappa shape index (κ1) is 21.0. The maximum Gasteiger partial charge on any atom is 0.393 e. The molecule has 0 aliphatic carbocycles. The van der Waals surface area contributed by atoms with Crippen LogP contribution >= 0.6 is 0 Å². The molecule has 0 radical (unpaired) electrons. The smallest absolute Gasteiger partial charge is 0.338 e. The van der Waals surface area contributed by atoms with Crippen LogP contribution in [0, 0.1) is 19.8 Å². The van der Waals surface area contributed by atoms with Gasteiger partial charge in [-0.1, -0.05) is 48.0 Å². The third kappa shape index (κ3) is 5.40. The number of carbonyl (C=O) groups is 1. The van der Waals surface area contributed by atoms with Crippen LogP contribution in [-0.4, -0.2) is 35.4 Å². The molecule has 0 bridgehead atoms. The molecule has 1 aliphatic rings. The first-order chi connectivity index (χ1) is 13.6. The summed E-state index contributed by atoms with van der Waals surface area (Å²) in [5.74, 6) is 0.446. The number of aromatic nitrogens is 1. The third-order valence-electron chi connectivity index (χ3n) is 5.17. The summed E-state index contributed by atoms with van der Waals surface area (Å²) in [5.41, 5.74) is 3.63. The number of anilines is 1. The number of benzene rings is 1. The molecule has 29 heavy (non-hydrogen) atoms. The van der Waals surface area contributed by atoms with E-state index in [1.165, 1.54) is 6.07 Å². The number of hydrogen-bond acceptors (Lipinski definition) is 3. The van der Waals surface area contributed by atoms with Crippen LogP contribution in [0.25, 0.3) is 6.08 Å². The Labute approximate surface area is 167 Å². The average molecular weight is 407 g/mol. The lowest BCUT2D eigenvalue weighted by Gasteiger charge is -2.33. The van der Waals surface area contributed by atoms with Crippen LogP contribution < -0.4 is 5.32 Å². The summed E-state index contributed by atoms with van der Waals surface area (Å²) in [7, 11) is 0. The molecular formula is C21H24F3N3O2. The molecule has 1 atom stereocenters. The highest BCUT2D eigenvalue weighted by molar-refractivity contribution is 5.88. The second-order valence-electron chi connectivity index (χ2n) is 7.51. The molecule has 1 fully saturated rings. The summed E-state index contributed by atoms with van der Waals surface area (Å²) < 4.78 is 43.0. The highest BCUT2D eigenvalue weighted by atomic mass is 19.4. The van der Waals surface area contributed by atoms with Gasteiger partial charge in [0.05, 0.1) is 12.1 Å². The summed E-state index contributed by atoms with van der Waals surface area (Å²) in [6.45, 7) is 6.68. The number of urea groups is 1. The second kappa shape index (κ2) is 8.31. The molecule has 1 saturated heterocycles. The van der Waals surface area contributed by atoms with E-state index in [0.29, 0.717) is 25.4 Å². The molecule has 0 spiro atoms. The summed E-state index contributed by atoms with van der Waals surface area (Å²) in [4.78, 5) is 14.2. The van der Waals surface area contributed by atoms with Crippen LogP contribution in [0.4, 0.5) is 23.8 Å². The van der Waals surface area contributed by atoms with Crippen molar-refractivity contribution in [3.63, 3.8) is 0 Å². The van der Waals surface area contributed by atoms with E-state index < -0.39 is 12.6 Å². The lowest BCUT2D eigenvalue weighted by Crippen LogP contribution is -2.42. The van der Waals surface area contributed by atoms with Crippen LogP contribution in [0.2, 0.25) is 0 Å². The zero-order valence-electron chi connectivity index (χ0n) is 16.6. The summed E-state index contributed by atoms with van der Waals surface area (Å²) in [5, 5.41) is 6.58. The Kier molecular flexibility index (Phi) is 6.00. The van der Waals surface area contributed by atoms with Crippen molar-refractivity contribution in [2.75, 3.05) is 18.4 Å². The van der Waals surface area contributed by atoms with Gasteiger partial charge in [-0.3, -0.25) is 5.32 Å². The first-order valence-electron chi connectivity index (χ1n) is 9.47. The predicted molar refractivity (Wildman–Crippen MR) is 105 cm³/mol. The molecule has 5 nitrogen and oxygen atoms in total. The van der Waals surface area contributed by atoms with Gasteiger partial charge in [-0.25, -0.2) is 4.79 Å². The largest absolute Gasteiger partial charge is 0.393 e. The molecule has 8 heteroatoms. The molecule has 2 heterocycles. The molecule has 156 valence electrons. The number of alkyl halides is 3. The number of carbonyl (C=O) groups excluding carboxylic acids is 1. The fourth-order valence-electron chi connectivity index (χ4n) is 3.39. The van der Waals surface area contributed by atoms with Crippen molar-refractivity contribution in [1.82, 2.24) is 10.1 Å². The van der Waals surface area contributed by atoms with Gasteiger partial charge in [-0.05, 0) is 37.3 Å². The standard InChI is InChI=1S/C21H24F3N3O2/c1-13-12-27(20(28)25-19-14(2)15(3)26-29-19)8-7-18(13)10-16-5-4-6-17(9-16)11-21(22,23)24/h4-6,9-10,13H,7-8,11-12H2,1-3H3,(H,25,28). The fraction of sp³-hybridized carbons (Fsp3) is 0.429. The van der Waals surface area contributed by atoms with Gasteiger partial charge >= 0.3 is 12.2 Å². The lowest BCUT2D eigenvalue weighted by atomic mass is 9.91. The van der Waals surface area contributed by atoms with Crippen molar-refractivity contribution in [2.45, 2.75) is 39.8 Å². The van der Waals surface area contributed by atoms with Gasteiger partial charge in [0.25, 0.3) is 0 Å². The van der Waals surface area contributed by atoms with E-state index in [1.54, 1.807) is 30.0 Å². The van der Waals surface area contributed by atoms with Gasteiger partial charge < -0.3 is 9.42 Å². The molecule has 1 aromatic heterocycles. The van der Waals surface area contributed by atoms with Crippen LogP contribution in [0.3, 0.4) is 0 Å². The van der Waals surface area contributed by atoms with Crippen LogP contribution in [0.5, 0.6) is 0 Å². The molecular weight excluding hydrogens is 383 g/mol. The Bertz CT molecular complexity index is 918. The van der Waals surface area contributed by atoms with E-state index in [9.17, 15) is 18.0 Å². The van der Waals surface area contributed by atoms with Crippen molar-refractivity contribution in [3.8, 4) is 0 Å². The van der Waals surface area contributed by atoms with Gasteiger partial charge in [-0.2, -0.15) is 13.2 Å². The quantitative estimate of drug-likeness (QED) is 0.746. The average Bonchev–Trinajstić information content (AvgIpc) is 2.94. The molecule has 1 N–H and O–H groups in total. The first-order valence-corrected chi connectivity index (χ1v) is 9.47. The summed E-state index contributed by atoms with van der Waals surface area (Å²) >= 11 is 0. The molecule has 1 aromatic carbocycles. The summed E-state index contributed by atoms with van der Waals surface area (Å²) in [6.07, 6.45) is -2.57. The second-order valence-corrected chi connectivity index (χ2v) is 7.51. The minimum absolute atomic E-state index is 0.0957. The third-order valence-corrected chi connectivity index (χ3v) is 5.17. The SMILES string of the molecule is Cc1noc(NC(=O)N2CCC(=Cc3cccc(CC(F)(F)F)c3)C(C)C2)c1C. The normalized spacial score (nSPS) is 18.9. The number of amides is 2. The molecule has 3 rings (SSSR count). The Morgan fingerprint density at radius 2 is 2.14 bits per heavy atom. The molecule has 2 amide bonds. The van der Waals surface area contributed by atoms with Gasteiger partial charge in [0, 0.05) is 18.7 Å². The maximum absolute atomic E-state index is 12.6. The Balaban J connectivity index is 1.64. The lowest BCUT2D eigenvalue weighted by molar-refractivity contribution is -0.127. The summed E-state index contributed by atoms with van der Waals surface area (Å²) in [6, 6.07) is 6.25. The van der Waals surface area contributed by atoms with Crippen molar-refractivity contribution in [2.24, 2.45) is 5.92 Å². The highest BCUT2D eigenvalue weighted by Crippen LogP contribution is 2.27. The van der Waals surface area contributed by atoms with Crippen molar-refractivity contribution in [3.05, 3.63) is 52.2 Å². The van der Waals surface area contributed by atoms with Crippen LogP contribution in [0.1, 0.15) is 35.7 Å². The zero-order chi connectivity index (χ0) is 21.2. The number of nitrogens with one attached hydrogen (secondary N) is 1. The minimum Gasteiger partial charge on any atom is -0.338 e. The van der Waals surface area contributed by atoms with Gasteiger partial charge in [-0.15, -0.1) is 0 Å². The van der Waals surface area contributed by atoms with Crippen molar-refractivity contribution >= 4 is 18.0 Å². The number of rotatable bonds is 3. The van der Waals surface area contributed by atoms with Crippen molar-refractivity contribution in [1.29, 1.82) is 0 Å². The predicted octanol–water partition coefficient (Wildman–Crippen LogP) is 5.35. The molecule has 0 saturated carbocycles. The Hall–Kier alpha value is -2.77. The Morgan fingerprint density at radius 1 is 1.38 bits per heavy atom. The van der Waals surface area contributed by atoms with E-state index in [2.05, 4.69) is 10.5 Å². The number of piperidine rings is 1. The van der Waals surface area contributed by atoms with Gasteiger partial charge in [0.2, 0.25) is 5.88 Å². The fourth-order valence-corrected chi connectivity index (χ4v) is 3.39. The molecule has 2 aromatic rings. The highest BCUT2D eigenvalue weighted by Gasteiger charge is 2.28. The number of halogens is 3. The molecule has 1 aliphatic heterocycles. The number of nitrogens with zero attached hydrogens (tertiary/aromatic N) is 2. The monoisotopic (exact) mass is 407 g/mol. The topological polar surface area (TPSA) is 58.4 Å².